The second kappa shape index (κ2) is 8.05. The van der Waals surface area contributed by atoms with Crippen molar-refractivity contribution >= 4 is 11.8 Å². The maximum Gasteiger partial charge on any atom is 0.223 e. The van der Waals surface area contributed by atoms with Crippen LogP contribution >= 0.6 is 0 Å². The summed E-state index contributed by atoms with van der Waals surface area (Å²) < 4.78 is 0. The van der Waals surface area contributed by atoms with Crippen LogP contribution in [0.4, 0.5) is 0 Å². The predicted octanol–water partition coefficient (Wildman–Crippen LogP) is -0.785. The lowest BCUT2D eigenvalue weighted by atomic mass is 10.1. The molecule has 1 aliphatic heterocycles. The molecular formula is C12H23N3O3. The third-order valence-corrected chi connectivity index (χ3v) is 3.12. The number of nitrogens with two attached hydrogens (primary N) is 1. The molecule has 0 saturated carbocycles. The Morgan fingerprint density at radius 3 is 2.56 bits per heavy atom. The van der Waals surface area contributed by atoms with E-state index >= 15 is 0 Å². The van der Waals surface area contributed by atoms with E-state index in [1.807, 2.05) is 0 Å². The molecular weight excluding hydrogens is 234 g/mol. The number of nitrogens with zero attached hydrogens (tertiary/aromatic N) is 1. The van der Waals surface area contributed by atoms with E-state index in [9.17, 15) is 9.59 Å². The predicted molar refractivity (Wildman–Crippen MR) is 67.7 cm³/mol. The minimum Gasteiger partial charge on any atom is -0.396 e. The number of nitrogens with one attached hydrogen (secondary N) is 1. The van der Waals surface area contributed by atoms with Crippen molar-refractivity contribution < 1.29 is 14.7 Å². The molecule has 0 bridgehead atoms. The van der Waals surface area contributed by atoms with Gasteiger partial charge in [-0.2, -0.15) is 0 Å². The molecule has 0 unspecified atom stereocenters. The Morgan fingerprint density at radius 1 is 1.28 bits per heavy atom. The summed E-state index contributed by atoms with van der Waals surface area (Å²) in [6.45, 7) is 1.92. The molecule has 1 heterocycles. The first kappa shape index (κ1) is 14.9. The molecule has 0 spiro atoms. The smallest absolute Gasteiger partial charge is 0.223 e. The van der Waals surface area contributed by atoms with Gasteiger partial charge in [0.05, 0.1) is 0 Å². The lowest BCUT2D eigenvalue weighted by Gasteiger charge is -2.30. The minimum absolute atomic E-state index is 0.0270. The van der Waals surface area contributed by atoms with E-state index in [1.54, 1.807) is 4.90 Å². The van der Waals surface area contributed by atoms with E-state index in [1.165, 1.54) is 0 Å². The largest absolute Gasteiger partial charge is 0.396 e. The third kappa shape index (κ3) is 5.46. The molecule has 18 heavy (non-hydrogen) atoms. The van der Waals surface area contributed by atoms with Crippen LogP contribution in [0.3, 0.4) is 0 Å². The van der Waals surface area contributed by atoms with Crippen LogP contribution in [0.15, 0.2) is 0 Å². The number of amides is 2. The van der Waals surface area contributed by atoms with Gasteiger partial charge in [0.25, 0.3) is 0 Å². The van der Waals surface area contributed by atoms with Crippen molar-refractivity contribution in [2.45, 2.75) is 38.1 Å². The summed E-state index contributed by atoms with van der Waals surface area (Å²) in [4.78, 5) is 25.0. The van der Waals surface area contributed by atoms with Gasteiger partial charge in [-0.3, -0.25) is 9.59 Å². The van der Waals surface area contributed by atoms with Gasteiger partial charge in [0.2, 0.25) is 11.8 Å². The van der Waals surface area contributed by atoms with E-state index in [4.69, 9.17) is 10.8 Å². The zero-order valence-electron chi connectivity index (χ0n) is 10.7. The van der Waals surface area contributed by atoms with Gasteiger partial charge in [-0.05, 0) is 19.3 Å². The minimum atomic E-state index is -0.134. The highest BCUT2D eigenvalue weighted by molar-refractivity contribution is 5.83. The lowest BCUT2D eigenvalue weighted by Crippen LogP contribution is -2.43. The summed E-state index contributed by atoms with van der Waals surface area (Å²) in [5.41, 5.74) is 5.76. The second-order valence-corrected chi connectivity index (χ2v) is 4.65. The zero-order valence-corrected chi connectivity index (χ0v) is 10.7. The fraction of sp³-hybridized carbons (Fsp3) is 0.833. The van der Waals surface area contributed by atoms with Crippen LogP contribution in [-0.2, 0) is 9.59 Å². The van der Waals surface area contributed by atoms with Crippen molar-refractivity contribution in [3.63, 3.8) is 0 Å². The van der Waals surface area contributed by atoms with Crippen molar-refractivity contribution in [2.75, 3.05) is 26.2 Å². The van der Waals surface area contributed by atoms with Crippen LogP contribution in [0.5, 0.6) is 0 Å². The van der Waals surface area contributed by atoms with Gasteiger partial charge in [0.15, 0.2) is 0 Å². The molecule has 6 heteroatoms. The number of hydrogen-bond acceptors (Lipinski definition) is 4. The van der Waals surface area contributed by atoms with Gasteiger partial charge in [0.1, 0.15) is 0 Å². The van der Waals surface area contributed by atoms with E-state index in [-0.39, 0.29) is 37.3 Å². The summed E-state index contributed by atoms with van der Waals surface area (Å²) in [5.74, 6) is -0.107. The first-order valence-electron chi connectivity index (χ1n) is 6.54. The van der Waals surface area contributed by atoms with Gasteiger partial charge >= 0.3 is 0 Å². The highest BCUT2D eigenvalue weighted by Gasteiger charge is 2.20. The maximum atomic E-state index is 11.8. The third-order valence-electron chi connectivity index (χ3n) is 3.12. The van der Waals surface area contributed by atoms with Crippen LogP contribution in [0.1, 0.15) is 32.1 Å². The first-order chi connectivity index (χ1) is 8.63. The quantitative estimate of drug-likeness (QED) is 0.544. The van der Waals surface area contributed by atoms with Crippen molar-refractivity contribution in [1.82, 2.24) is 10.2 Å². The number of hydrogen-bond donors (Lipinski definition) is 3. The molecule has 1 fully saturated rings. The summed E-state index contributed by atoms with van der Waals surface area (Å²) in [6, 6.07) is 0.204. The number of aliphatic hydroxyl groups is 1. The van der Waals surface area contributed by atoms with E-state index in [0.29, 0.717) is 26.1 Å². The molecule has 4 N–H and O–H groups in total. The highest BCUT2D eigenvalue weighted by atomic mass is 16.3. The number of rotatable bonds is 6. The Morgan fingerprint density at radius 2 is 1.94 bits per heavy atom. The lowest BCUT2D eigenvalue weighted by molar-refractivity contribution is -0.134. The second-order valence-electron chi connectivity index (χ2n) is 4.65. The van der Waals surface area contributed by atoms with Gasteiger partial charge in [0, 0.05) is 45.1 Å². The van der Waals surface area contributed by atoms with Crippen LogP contribution < -0.4 is 11.1 Å². The van der Waals surface area contributed by atoms with Gasteiger partial charge in [-0.25, -0.2) is 0 Å². The molecule has 2 amide bonds. The Kier molecular flexibility index (Phi) is 6.67. The van der Waals surface area contributed by atoms with Crippen molar-refractivity contribution in [3.8, 4) is 0 Å². The summed E-state index contributed by atoms with van der Waals surface area (Å²) in [5, 5.41) is 11.2. The zero-order chi connectivity index (χ0) is 13.4. The fourth-order valence-corrected chi connectivity index (χ4v) is 1.92. The molecule has 0 radical (unpaired) electrons. The number of aliphatic hydroxyl groups excluding tert-OH is 1. The van der Waals surface area contributed by atoms with Crippen LogP contribution in [-0.4, -0.2) is 54.1 Å². The number of carbonyl (C=O) groups is 2. The molecule has 1 saturated heterocycles. The molecule has 0 atom stereocenters. The van der Waals surface area contributed by atoms with Crippen molar-refractivity contribution in [2.24, 2.45) is 5.73 Å². The Labute approximate surface area is 108 Å². The molecule has 1 aliphatic rings. The average molecular weight is 257 g/mol. The molecule has 1 rings (SSSR count). The molecule has 104 valence electrons. The van der Waals surface area contributed by atoms with Crippen LogP contribution in [0.2, 0.25) is 0 Å². The molecule has 0 aliphatic carbocycles. The molecule has 0 aromatic heterocycles. The normalized spacial score (nSPS) is 16.7. The highest BCUT2D eigenvalue weighted by Crippen LogP contribution is 2.10. The van der Waals surface area contributed by atoms with Crippen molar-refractivity contribution in [3.05, 3.63) is 0 Å². The van der Waals surface area contributed by atoms with Gasteiger partial charge < -0.3 is 21.1 Å². The average Bonchev–Trinajstić information content (AvgIpc) is 2.37. The molecule has 0 aromatic carbocycles. The monoisotopic (exact) mass is 257 g/mol. The maximum absolute atomic E-state index is 11.8. The fourth-order valence-electron chi connectivity index (χ4n) is 1.92. The SMILES string of the molecule is NC1CCN(C(=O)CCC(=O)NCCCO)CC1. The van der Waals surface area contributed by atoms with Crippen LogP contribution in [0, 0.1) is 0 Å². The van der Waals surface area contributed by atoms with Crippen molar-refractivity contribution in [1.29, 1.82) is 0 Å². The Bertz CT molecular complexity index is 276. The Hall–Kier alpha value is -1.14. The number of likely N-dealkylation sites (tertiary alicyclic amines) is 1. The summed E-state index contributed by atoms with van der Waals surface area (Å²) >= 11 is 0. The standard InChI is InChI=1S/C12H23N3O3/c13-10-4-7-15(8-5-10)12(18)3-2-11(17)14-6-1-9-16/h10,16H,1-9,13H2,(H,14,17). The van der Waals surface area contributed by atoms with Crippen LogP contribution in [0.25, 0.3) is 0 Å². The first-order valence-corrected chi connectivity index (χ1v) is 6.54. The van der Waals surface area contributed by atoms with E-state index in [2.05, 4.69) is 5.32 Å². The molecule has 6 nitrogen and oxygen atoms in total. The summed E-state index contributed by atoms with van der Waals surface area (Å²) in [7, 11) is 0. The van der Waals surface area contributed by atoms with E-state index < -0.39 is 0 Å². The molecule has 0 aromatic rings. The topological polar surface area (TPSA) is 95.7 Å². The van der Waals surface area contributed by atoms with Gasteiger partial charge in [-0.15, -0.1) is 0 Å². The van der Waals surface area contributed by atoms with E-state index in [0.717, 1.165) is 12.8 Å². The number of piperidine rings is 1. The summed E-state index contributed by atoms with van der Waals surface area (Å²) in [6.07, 6.45) is 2.69. The Balaban J connectivity index is 2.14. The van der Waals surface area contributed by atoms with Gasteiger partial charge in [-0.1, -0.05) is 0 Å². The number of carbonyl (C=O) groups excluding carboxylic acids is 2.